The molecule has 120 valence electrons. The summed E-state index contributed by atoms with van der Waals surface area (Å²) in [5, 5.41) is 0. The van der Waals surface area contributed by atoms with E-state index in [0.29, 0.717) is 25.2 Å². The van der Waals surface area contributed by atoms with Crippen LogP contribution in [0.4, 0.5) is 14.5 Å². The predicted molar refractivity (Wildman–Crippen MR) is 84.8 cm³/mol. The molecule has 3 nitrogen and oxygen atoms in total. The maximum absolute atomic E-state index is 14.1. The van der Waals surface area contributed by atoms with Crippen molar-refractivity contribution in [2.24, 2.45) is 0 Å². The Labute approximate surface area is 127 Å². The molecule has 0 atom stereocenters. The summed E-state index contributed by atoms with van der Waals surface area (Å²) >= 11 is 0. The van der Waals surface area contributed by atoms with Gasteiger partial charge in [-0.2, -0.15) is 0 Å². The molecule has 0 aliphatic carbocycles. The molecule has 0 aromatic heterocycles. The van der Waals surface area contributed by atoms with Crippen LogP contribution in [0.3, 0.4) is 0 Å². The van der Waals surface area contributed by atoms with Crippen LogP contribution in [0.1, 0.15) is 19.4 Å². The number of rotatable bonds is 3. The number of anilines is 1. The van der Waals surface area contributed by atoms with Crippen LogP contribution >= 0.6 is 0 Å². The van der Waals surface area contributed by atoms with Gasteiger partial charge in [0.15, 0.2) is 0 Å². The molecule has 0 radical (unpaired) electrons. The third-order valence-electron chi connectivity index (χ3n) is 3.39. The Morgan fingerprint density at radius 2 is 1.48 bits per heavy atom. The Balaban J connectivity index is 0.00000106. The SMILES string of the molecule is CC.CN(C)Cc1cc(F)c(N2CCN(C)CC2)c(F)c1. The highest BCUT2D eigenvalue weighted by atomic mass is 19.1. The third-order valence-corrected chi connectivity index (χ3v) is 3.39. The highest BCUT2D eigenvalue weighted by Gasteiger charge is 2.21. The number of halogens is 2. The molecule has 0 N–H and O–H groups in total. The lowest BCUT2D eigenvalue weighted by molar-refractivity contribution is 0.310. The second-order valence-corrected chi connectivity index (χ2v) is 5.44. The van der Waals surface area contributed by atoms with Crippen molar-refractivity contribution in [2.45, 2.75) is 20.4 Å². The van der Waals surface area contributed by atoms with Crippen LogP contribution in [0.5, 0.6) is 0 Å². The monoisotopic (exact) mass is 299 g/mol. The number of likely N-dealkylation sites (N-methyl/N-ethyl adjacent to an activating group) is 1. The summed E-state index contributed by atoms with van der Waals surface area (Å²) in [6.45, 7) is 7.53. The summed E-state index contributed by atoms with van der Waals surface area (Å²) in [6, 6.07) is 2.88. The normalized spacial score (nSPS) is 15.9. The quantitative estimate of drug-likeness (QED) is 0.850. The first-order chi connectivity index (χ1) is 9.97. The van der Waals surface area contributed by atoms with Gasteiger partial charge in [0.05, 0.1) is 0 Å². The molecule has 1 heterocycles. The lowest BCUT2D eigenvalue weighted by Crippen LogP contribution is -2.45. The van der Waals surface area contributed by atoms with Gasteiger partial charge in [-0.15, -0.1) is 0 Å². The van der Waals surface area contributed by atoms with Crippen LogP contribution in [0.15, 0.2) is 12.1 Å². The van der Waals surface area contributed by atoms with Crippen molar-refractivity contribution in [3.05, 3.63) is 29.3 Å². The van der Waals surface area contributed by atoms with Gasteiger partial charge in [0.2, 0.25) is 0 Å². The molecule has 5 heteroatoms. The standard InChI is InChI=1S/C14H21F2N3.C2H6/c1-17(2)10-11-8-12(15)14(13(16)9-11)19-6-4-18(3)5-7-19;1-2/h8-9H,4-7,10H2,1-3H3;1-2H3. The smallest absolute Gasteiger partial charge is 0.149 e. The zero-order valence-electron chi connectivity index (χ0n) is 13.8. The minimum absolute atomic E-state index is 0.121. The largest absolute Gasteiger partial charge is 0.364 e. The highest BCUT2D eigenvalue weighted by molar-refractivity contribution is 5.51. The fourth-order valence-electron chi connectivity index (χ4n) is 2.41. The van der Waals surface area contributed by atoms with E-state index < -0.39 is 11.6 Å². The third kappa shape index (κ3) is 4.93. The second-order valence-electron chi connectivity index (χ2n) is 5.44. The van der Waals surface area contributed by atoms with Crippen LogP contribution in [-0.2, 0) is 6.54 Å². The molecule has 1 fully saturated rings. The van der Waals surface area contributed by atoms with Gasteiger partial charge in [-0.25, -0.2) is 8.78 Å². The summed E-state index contributed by atoms with van der Waals surface area (Å²) in [5.74, 6) is -0.914. The van der Waals surface area contributed by atoms with E-state index in [-0.39, 0.29) is 5.69 Å². The fraction of sp³-hybridized carbons (Fsp3) is 0.625. The van der Waals surface area contributed by atoms with Gasteiger partial charge in [-0.3, -0.25) is 0 Å². The van der Waals surface area contributed by atoms with Crippen molar-refractivity contribution >= 4 is 5.69 Å². The molecule has 21 heavy (non-hydrogen) atoms. The van der Waals surface area contributed by atoms with Crippen molar-refractivity contribution in [3.8, 4) is 0 Å². The molecule has 1 aliphatic heterocycles. The van der Waals surface area contributed by atoms with Gasteiger partial charge >= 0.3 is 0 Å². The van der Waals surface area contributed by atoms with E-state index in [9.17, 15) is 8.78 Å². The average Bonchev–Trinajstić information content (AvgIpc) is 2.41. The fourth-order valence-corrected chi connectivity index (χ4v) is 2.41. The maximum atomic E-state index is 14.1. The van der Waals surface area contributed by atoms with E-state index in [0.717, 1.165) is 13.1 Å². The first-order valence-electron chi connectivity index (χ1n) is 7.53. The molecule has 0 amide bonds. The molecule has 1 aromatic rings. The molecule has 0 bridgehead atoms. The summed E-state index contributed by atoms with van der Waals surface area (Å²) in [6.07, 6.45) is 0. The minimum Gasteiger partial charge on any atom is -0.364 e. The number of hydrogen-bond acceptors (Lipinski definition) is 3. The zero-order chi connectivity index (χ0) is 16.0. The van der Waals surface area contributed by atoms with Crippen molar-refractivity contribution in [3.63, 3.8) is 0 Å². The first kappa shape index (κ1) is 17.9. The average molecular weight is 299 g/mol. The molecular formula is C16H27F2N3. The van der Waals surface area contributed by atoms with E-state index in [1.54, 1.807) is 4.90 Å². The zero-order valence-corrected chi connectivity index (χ0v) is 13.8. The molecule has 0 spiro atoms. The maximum Gasteiger partial charge on any atom is 0.149 e. The summed E-state index contributed by atoms with van der Waals surface area (Å²) in [4.78, 5) is 5.85. The van der Waals surface area contributed by atoms with Gasteiger partial charge < -0.3 is 14.7 Å². The molecule has 0 saturated carbocycles. The first-order valence-corrected chi connectivity index (χ1v) is 7.53. The lowest BCUT2D eigenvalue weighted by Gasteiger charge is -2.34. The van der Waals surface area contributed by atoms with Crippen molar-refractivity contribution in [1.29, 1.82) is 0 Å². The van der Waals surface area contributed by atoms with Gasteiger partial charge in [0.1, 0.15) is 17.3 Å². The Morgan fingerprint density at radius 1 is 1.00 bits per heavy atom. The van der Waals surface area contributed by atoms with Crippen LogP contribution < -0.4 is 4.90 Å². The van der Waals surface area contributed by atoms with Crippen molar-refractivity contribution < 1.29 is 8.78 Å². The minimum atomic E-state index is -0.457. The molecular weight excluding hydrogens is 272 g/mol. The number of nitrogens with zero attached hydrogens (tertiary/aromatic N) is 3. The summed E-state index contributed by atoms with van der Waals surface area (Å²) < 4.78 is 28.3. The molecule has 1 aromatic carbocycles. The Morgan fingerprint density at radius 3 is 1.90 bits per heavy atom. The Bertz CT molecular complexity index is 418. The second kappa shape index (κ2) is 8.29. The van der Waals surface area contributed by atoms with Crippen LogP contribution in [0.25, 0.3) is 0 Å². The van der Waals surface area contributed by atoms with E-state index in [2.05, 4.69) is 4.90 Å². The van der Waals surface area contributed by atoms with Crippen molar-refractivity contribution in [1.82, 2.24) is 9.80 Å². The van der Waals surface area contributed by atoms with E-state index in [1.165, 1.54) is 12.1 Å². The van der Waals surface area contributed by atoms with Gasteiger partial charge in [-0.05, 0) is 38.8 Å². The summed E-state index contributed by atoms with van der Waals surface area (Å²) in [7, 11) is 5.78. The Hall–Kier alpha value is -1.20. The number of benzene rings is 1. The molecule has 0 unspecified atom stereocenters. The van der Waals surface area contributed by atoms with Crippen LogP contribution in [0.2, 0.25) is 0 Å². The topological polar surface area (TPSA) is 9.72 Å². The van der Waals surface area contributed by atoms with E-state index in [1.807, 2.05) is 39.9 Å². The van der Waals surface area contributed by atoms with E-state index in [4.69, 9.17) is 0 Å². The summed E-state index contributed by atoms with van der Waals surface area (Å²) in [5.41, 5.74) is 0.786. The number of piperazine rings is 1. The molecule has 1 aliphatic rings. The molecule has 1 saturated heterocycles. The van der Waals surface area contributed by atoms with Crippen LogP contribution in [-0.4, -0.2) is 57.1 Å². The van der Waals surface area contributed by atoms with Gasteiger partial charge in [0.25, 0.3) is 0 Å². The van der Waals surface area contributed by atoms with E-state index >= 15 is 0 Å². The van der Waals surface area contributed by atoms with Gasteiger partial charge in [-0.1, -0.05) is 13.8 Å². The number of hydrogen-bond donors (Lipinski definition) is 0. The van der Waals surface area contributed by atoms with Crippen LogP contribution in [0, 0.1) is 11.6 Å². The lowest BCUT2D eigenvalue weighted by atomic mass is 10.1. The Kier molecular flexibility index (Phi) is 7.05. The van der Waals surface area contributed by atoms with Gasteiger partial charge in [0, 0.05) is 32.7 Å². The highest BCUT2D eigenvalue weighted by Crippen LogP contribution is 2.26. The van der Waals surface area contributed by atoms with Crippen molar-refractivity contribution in [2.75, 3.05) is 52.2 Å². The predicted octanol–water partition coefficient (Wildman–Crippen LogP) is 2.80. The molecule has 2 rings (SSSR count).